The summed E-state index contributed by atoms with van der Waals surface area (Å²) in [5, 5.41) is 0. The molecule has 0 unspecified atom stereocenters. The van der Waals surface area contributed by atoms with Crippen LogP contribution in [0.15, 0.2) is 91.0 Å². The molecule has 33 heavy (non-hydrogen) atoms. The van der Waals surface area contributed by atoms with Crippen LogP contribution in [0.3, 0.4) is 0 Å². The molecule has 1 saturated heterocycles. The van der Waals surface area contributed by atoms with Gasteiger partial charge in [0.1, 0.15) is 12.7 Å². The van der Waals surface area contributed by atoms with Crippen molar-refractivity contribution < 1.29 is 33.3 Å². The van der Waals surface area contributed by atoms with E-state index < -0.39 is 36.2 Å². The second-order valence-electron chi connectivity index (χ2n) is 7.38. The Hall–Kier alpha value is -3.97. The van der Waals surface area contributed by atoms with Crippen LogP contribution in [-0.4, -0.2) is 49.4 Å². The third-order valence-electron chi connectivity index (χ3n) is 5.12. The van der Waals surface area contributed by atoms with E-state index in [2.05, 4.69) is 0 Å². The van der Waals surface area contributed by atoms with Gasteiger partial charge in [-0.15, -0.1) is 0 Å². The zero-order chi connectivity index (χ0) is 23.0. The van der Waals surface area contributed by atoms with Crippen LogP contribution in [0.2, 0.25) is 0 Å². The number of hydrogen-bond acceptors (Lipinski definition) is 7. The molecule has 0 bridgehead atoms. The number of benzene rings is 3. The molecule has 3 aromatic rings. The highest BCUT2D eigenvalue weighted by Crippen LogP contribution is 2.24. The summed E-state index contributed by atoms with van der Waals surface area (Å²) < 4.78 is 22.3. The van der Waals surface area contributed by atoms with Crippen LogP contribution in [0.25, 0.3) is 0 Å². The van der Waals surface area contributed by atoms with Crippen LogP contribution in [0, 0.1) is 0 Å². The van der Waals surface area contributed by atoms with E-state index >= 15 is 0 Å². The van der Waals surface area contributed by atoms with Crippen molar-refractivity contribution in [1.82, 2.24) is 0 Å². The minimum atomic E-state index is -0.950. The Morgan fingerprint density at radius 3 is 1.64 bits per heavy atom. The van der Waals surface area contributed by atoms with Gasteiger partial charge in [-0.05, 0) is 36.4 Å². The zero-order valence-corrected chi connectivity index (χ0v) is 17.7. The Morgan fingerprint density at radius 2 is 1.12 bits per heavy atom. The topological polar surface area (TPSA) is 88.1 Å². The molecule has 0 N–H and O–H groups in total. The highest BCUT2D eigenvalue weighted by atomic mass is 16.6. The van der Waals surface area contributed by atoms with Crippen molar-refractivity contribution in [3.8, 4) is 0 Å². The van der Waals surface area contributed by atoms with E-state index in [4.69, 9.17) is 18.9 Å². The van der Waals surface area contributed by atoms with Crippen molar-refractivity contribution in [2.24, 2.45) is 0 Å². The van der Waals surface area contributed by atoms with Crippen molar-refractivity contribution in [3.63, 3.8) is 0 Å². The zero-order valence-electron chi connectivity index (χ0n) is 17.7. The SMILES string of the molecule is O=C(OC[C@H]1OC[C@H](OC(=O)c2ccccc2)[C@@H]1OC(=O)c1ccccc1)c1ccccc1. The third kappa shape index (κ3) is 5.64. The molecule has 0 saturated carbocycles. The molecule has 7 heteroatoms. The maximum absolute atomic E-state index is 12.7. The third-order valence-corrected chi connectivity index (χ3v) is 5.12. The number of carbonyl (C=O) groups is 3. The van der Waals surface area contributed by atoms with Gasteiger partial charge in [-0.3, -0.25) is 0 Å². The molecule has 3 aromatic carbocycles. The number of hydrogen-bond donors (Lipinski definition) is 0. The first-order chi connectivity index (χ1) is 16.1. The van der Waals surface area contributed by atoms with E-state index in [0.717, 1.165) is 0 Å². The van der Waals surface area contributed by atoms with Crippen molar-refractivity contribution in [2.45, 2.75) is 18.3 Å². The molecule has 0 spiro atoms. The van der Waals surface area contributed by atoms with Gasteiger partial charge < -0.3 is 18.9 Å². The molecule has 168 valence electrons. The Morgan fingerprint density at radius 1 is 0.667 bits per heavy atom. The molecular formula is C26H22O7. The molecule has 0 amide bonds. The molecule has 0 aromatic heterocycles. The van der Waals surface area contributed by atoms with Gasteiger partial charge in [0.2, 0.25) is 0 Å². The summed E-state index contributed by atoms with van der Waals surface area (Å²) in [6, 6.07) is 25.5. The Kier molecular flexibility index (Phi) is 7.12. The van der Waals surface area contributed by atoms with Gasteiger partial charge in [0.25, 0.3) is 0 Å². The van der Waals surface area contributed by atoms with Crippen LogP contribution < -0.4 is 0 Å². The van der Waals surface area contributed by atoms with Gasteiger partial charge in [-0.2, -0.15) is 0 Å². The number of esters is 3. The number of ether oxygens (including phenoxy) is 4. The van der Waals surface area contributed by atoms with Crippen LogP contribution >= 0.6 is 0 Å². The summed E-state index contributed by atoms with van der Waals surface area (Å²) in [5.41, 5.74) is 1.10. The van der Waals surface area contributed by atoms with Gasteiger partial charge in [0.15, 0.2) is 12.2 Å². The van der Waals surface area contributed by atoms with Crippen molar-refractivity contribution in [1.29, 1.82) is 0 Å². The quantitative estimate of drug-likeness (QED) is 0.404. The summed E-state index contributed by atoms with van der Waals surface area (Å²) in [4.78, 5) is 37.6. The van der Waals surface area contributed by atoms with Crippen molar-refractivity contribution >= 4 is 17.9 Å². The molecule has 3 atom stereocenters. The second-order valence-corrected chi connectivity index (χ2v) is 7.38. The maximum Gasteiger partial charge on any atom is 0.338 e. The predicted molar refractivity (Wildman–Crippen MR) is 118 cm³/mol. The normalized spacial score (nSPS) is 19.5. The molecule has 1 aliphatic heterocycles. The van der Waals surface area contributed by atoms with Gasteiger partial charge >= 0.3 is 17.9 Å². The van der Waals surface area contributed by atoms with Crippen molar-refractivity contribution in [2.75, 3.05) is 13.2 Å². The predicted octanol–water partition coefficient (Wildman–Crippen LogP) is 3.69. The van der Waals surface area contributed by atoms with Gasteiger partial charge in [-0.1, -0.05) is 54.6 Å². The molecule has 1 aliphatic rings. The number of rotatable bonds is 7. The average Bonchev–Trinajstić information content (AvgIpc) is 3.24. The van der Waals surface area contributed by atoms with Gasteiger partial charge in [-0.25, -0.2) is 14.4 Å². The van der Waals surface area contributed by atoms with Crippen molar-refractivity contribution in [3.05, 3.63) is 108 Å². The Balaban J connectivity index is 1.46. The maximum atomic E-state index is 12.7. The van der Waals surface area contributed by atoms with Crippen LogP contribution in [0.4, 0.5) is 0 Å². The van der Waals surface area contributed by atoms with Crippen LogP contribution in [0.1, 0.15) is 31.1 Å². The standard InChI is InChI=1S/C26H22O7/c27-24(18-10-4-1-5-11-18)31-16-21-23(33-26(29)20-14-8-3-9-15-20)22(17-30-21)32-25(28)19-12-6-2-7-13-19/h1-15,21-23H,16-17H2/t21-,22+,23-/m1/s1. The molecule has 1 fully saturated rings. The molecule has 1 heterocycles. The van der Waals surface area contributed by atoms with E-state index in [1.54, 1.807) is 91.0 Å². The average molecular weight is 446 g/mol. The van der Waals surface area contributed by atoms with Crippen LogP contribution in [0.5, 0.6) is 0 Å². The summed E-state index contributed by atoms with van der Waals surface area (Å²) in [5.74, 6) is -1.68. The lowest BCUT2D eigenvalue weighted by Gasteiger charge is -2.23. The Labute approximate surface area is 190 Å². The van der Waals surface area contributed by atoms with Crippen LogP contribution in [-0.2, 0) is 18.9 Å². The monoisotopic (exact) mass is 446 g/mol. The van der Waals surface area contributed by atoms with E-state index in [1.165, 1.54) is 0 Å². The smallest absolute Gasteiger partial charge is 0.338 e. The van der Waals surface area contributed by atoms with Gasteiger partial charge in [0.05, 0.1) is 23.3 Å². The fourth-order valence-corrected chi connectivity index (χ4v) is 3.40. The molecule has 0 radical (unpaired) electrons. The molecule has 7 nitrogen and oxygen atoms in total. The number of carbonyl (C=O) groups excluding carboxylic acids is 3. The highest BCUT2D eigenvalue weighted by molar-refractivity contribution is 5.90. The Bertz CT molecular complexity index is 1080. The van der Waals surface area contributed by atoms with E-state index in [1.807, 2.05) is 0 Å². The first kappa shape index (κ1) is 22.2. The summed E-state index contributed by atoms with van der Waals surface area (Å²) in [6.07, 6.45) is -2.60. The lowest BCUT2D eigenvalue weighted by molar-refractivity contribution is -0.0433. The fourth-order valence-electron chi connectivity index (χ4n) is 3.40. The minimum absolute atomic E-state index is 0.00113. The first-order valence-corrected chi connectivity index (χ1v) is 10.5. The first-order valence-electron chi connectivity index (χ1n) is 10.5. The summed E-state index contributed by atoms with van der Waals surface area (Å²) >= 11 is 0. The molecule has 4 rings (SSSR count). The highest BCUT2D eigenvalue weighted by Gasteiger charge is 2.44. The molecular weight excluding hydrogens is 424 g/mol. The second kappa shape index (κ2) is 10.6. The summed E-state index contributed by atoms with van der Waals surface area (Å²) in [6.45, 7) is -0.168. The van der Waals surface area contributed by atoms with E-state index in [-0.39, 0.29) is 13.2 Å². The van der Waals surface area contributed by atoms with E-state index in [0.29, 0.717) is 16.7 Å². The lowest BCUT2D eigenvalue weighted by atomic mass is 10.1. The molecule has 0 aliphatic carbocycles. The largest absolute Gasteiger partial charge is 0.459 e. The summed E-state index contributed by atoms with van der Waals surface area (Å²) in [7, 11) is 0. The van der Waals surface area contributed by atoms with E-state index in [9.17, 15) is 14.4 Å². The fraction of sp³-hybridized carbons (Fsp3) is 0.192. The minimum Gasteiger partial charge on any atom is -0.459 e. The van der Waals surface area contributed by atoms with Gasteiger partial charge in [0, 0.05) is 0 Å². The lowest BCUT2D eigenvalue weighted by Crippen LogP contribution is -2.40.